The van der Waals surface area contributed by atoms with Gasteiger partial charge in [0.2, 0.25) is 5.88 Å². The Morgan fingerprint density at radius 3 is 2.71 bits per heavy atom. The van der Waals surface area contributed by atoms with E-state index in [2.05, 4.69) is 4.98 Å². The highest BCUT2D eigenvalue weighted by atomic mass is 16.5. The van der Waals surface area contributed by atoms with Gasteiger partial charge in [-0.15, -0.1) is 0 Å². The minimum atomic E-state index is -0.559. The minimum Gasteiger partial charge on any atom is -0.496 e. The molecule has 0 saturated heterocycles. The number of anilines is 1. The number of hydrogen-bond acceptors (Lipinski definition) is 6. The molecule has 0 atom stereocenters. The highest BCUT2D eigenvalue weighted by molar-refractivity contribution is 5.98. The molecule has 0 saturated carbocycles. The van der Waals surface area contributed by atoms with E-state index in [0.29, 0.717) is 22.9 Å². The molecule has 0 aliphatic heterocycles. The Morgan fingerprint density at radius 2 is 2.00 bits per heavy atom. The molecular weight excluding hydrogens is 272 g/mol. The molecule has 0 unspecified atom stereocenters. The third kappa shape index (κ3) is 3.22. The second-order valence-corrected chi connectivity index (χ2v) is 4.17. The fraction of sp³-hybridized carbons (Fsp3) is 0.200. The van der Waals surface area contributed by atoms with Gasteiger partial charge in [-0.1, -0.05) is 6.07 Å². The van der Waals surface area contributed by atoms with E-state index in [1.165, 1.54) is 14.2 Å². The number of benzene rings is 1. The zero-order valence-electron chi connectivity index (χ0n) is 11.8. The molecule has 6 nitrogen and oxygen atoms in total. The van der Waals surface area contributed by atoms with Crippen molar-refractivity contribution in [2.45, 2.75) is 6.61 Å². The van der Waals surface area contributed by atoms with Crippen LogP contribution in [-0.4, -0.2) is 25.2 Å². The molecule has 0 bridgehead atoms. The molecule has 6 heteroatoms. The summed E-state index contributed by atoms with van der Waals surface area (Å²) < 4.78 is 15.5. The quantitative estimate of drug-likeness (QED) is 0.669. The lowest BCUT2D eigenvalue weighted by atomic mass is 10.1. The van der Waals surface area contributed by atoms with Gasteiger partial charge in [0, 0.05) is 11.9 Å². The summed E-state index contributed by atoms with van der Waals surface area (Å²) in [5.41, 5.74) is 6.99. The number of nitrogens with zero attached hydrogens (tertiary/aromatic N) is 1. The number of carbonyl (C=O) groups excluding carboxylic acids is 1. The number of carbonyl (C=O) groups is 1. The van der Waals surface area contributed by atoms with E-state index < -0.39 is 5.97 Å². The van der Waals surface area contributed by atoms with E-state index in [9.17, 15) is 4.79 Å². The van der Waals surface area contributed by atoms with Crippen molar-refractivity contribution < 1.29 is 19.0 Å². The smallest absolute Gasteiger partial charge is 0.344 e. The van der Waals surface area contributed by atoms with E-state index in [1.807, 2.05) is 0 Å². The van der Waals surface area contributed by atoms with Gasteiger partial charge in [-0.2, -0.15) is 0 Å². The molecule has 21 heavy (non-hydrogen) atoms. The number of nitrogens with two attached hydrogens (primary N) is 1. The van der Waals surface area contributed by atoms with Crippen molar-refractivity contribution in [3.63, 3.8) is 0 Å². The van der Waals surface area contributed by atoms with Crippen LogP contribution in [0.3, 0.4) is 0 Å². The van der Waals surface area contributed by atoms with Crippen LogP contribution in [0.5, 0.6) is 11.6 Å². The largest absolute Gasteiger partial charge is 0.496 e. The SMILES string of the molecule is COc1cccc(N)c1C(=O)OCc1cccnc1OC. The molecule has 1 aromatic heterocycles. The first kappa shape index (κ1) is 14.6. The molecule has 2 aromatic rings. The third-order valence-corrected chi connectivity index (χ3v) is 2.88. The summed E-state index contributed by atoms with van der Waals surface area (Å²) >= 11 is 0. The molecule has 0 fully saturated rings. The average Bonchev–Trinajstić information content (AvgIpc) is 2.52. The van der Waals surface area contributed by atoms with E-state index >= 15 is 0 Å². The number of ether oxygens (including phenoxy) is 3. The lowest BCUT2D eigenvalue weighted by molar-refractivity contribution is 0.0467. The van der Waals surface area contributed by atoms with Crippen LogP contribution in [0.2, 0.25) is 0 Å². The second kappa shape index (κ2) is 6.60. The number of methoxy groups -OCH3 is 2. The van der Waals surface area contributed by atoms with Gasteiger partial charge in [0.15, 0.2) is 0 Å². The molecule has 1 heterocycles. The molecular formula is C15H16N2O4. The Morgan fingerprint density at radius 1 is 1.19 bits per heavy atom. The zero-order valence-corrected chi connectivity index (χ0v) is 11.8. The highest BCUT2D eigenvalue weighted by Crippen LogP contribution is 2.25. The normalized spacial score (nSPS) is 10.0. The fourth-order valence-electron chi connectivity index (χ4n) is 1.87. The van der Waals surface area contributed by atoms with E-state index in [0.717, 1.165) is 0 Å². The van der Waals surface area contributed by atoms with Gasteiger partial charge in [-0.25, -0.2) is 9.78 Å². The first-order chi connectivity index (χ1) is 10.2. The number of hydrogen-bond donors (Lipinski definition) is 1. The Bertz CT molecular complexity index is 643. The fourth-order valence-corrected chi connectivity index (χ4v) is 1.87. The second-order valence-electron chi connectivity index (χ2n) is 4.17. The number of pyridine rings is 1. The lowest BCUT2D eigenvalue weighted by Gasteiger charge is -2.11. The van der Waals surface area contributed by atoms with Crippen LogP contribution >= 0.6 is 0 Å². The molecule has 2 N–H and O–H groups in total. The summed E-state index contributed by atoms with van der Waals surface area (Å²) in [6.45, 7) is 0.0351. The summed E-state index contributed by atoms with van der Waals surface area (Å²) in [6.07, 6.45) is 1.60. The van der Waals surface area contributed by atoms with Crippen LogP contribution in [-0.2, 0) is 11.3 Å². The van der Waals surface area contributed by atoms with Crippen LogP contribution in [0.4, 0.5) is 5.69 Å². The van der Waals surface area contributed by atoms with Crippen molar-refractivity contribution in [2.75, 3.05) is 20.0 Å². The molecule has 0 spiro atoms. The molecule has 1 aromatic carbocycles. The Hall–Kier alpha value is -2.76. The molecule has 0 aliphatic carbocycles. The van der Waals surface area contributed by atoms with Gasteiger partial charge in [0.05, 0.1) is 19.8 Å². The maximum atomic E-state index is 12.2. The van der Waals surface area contributed by atoms with Gasteiger partial charge < -0.3 is 19.9 Å². The highest BCUT2D eigenvalue weighted by Gasteiger charge is 2.18. The van der Waals surface area contributed by atoms with Gasteiger partial charge in [-0.05, 0) is 24.3 Å². The monoisotopic (exact) mass is 288 g/mol. The zero-order chi connectivity index (χ0) is 15.2. The van der Waals surface area contributed by atoms with Gasteiger partial charge in [-0.3, -0.25) is 0 Å². The Kier molecular flexibility index (Phi) is 4.61. The maximum absolute atomic E-state index is 12.2. The number of esters is 1. The van der Waals surface area contributed by atoms with Gasteiger partial charge in [0.25, 0.3) is 0 Å². The van der Waals surface area contributed by atoms with E-state index in [-0.39, 0.29) is 12.2 Å². The number of aromatic nitrogens is 1. The van der Waals surface area contributed by atoms with Crippen molar-refractivity contribution in [1.29, 1.82) is 0 Å². The topological polar surface area (TPSA) is 83.7 Å². The standard InChI is InChI=1S/C15H16N2O4/c1-19-12-7-3-6-11(16)13(12)15(18)21-9-10-5-4-8-17-14(10)20-2/h3-8H,9,16H2,1-2H3. The summed E-state index contributed by atoms with van der Waals surface area (Å²) in [5.74, 6) is 0.229. The predicted octanol–water partition coefficient (Wildman–Crippen LogP) is 2.04. The predicted molar refractivity (Wildman–Crippen MR) is 77.3 cm³/mol. The van der Waals surface area contributed by atoms with Gasteiger partial charge in [0.1, 0.15) is 17.9 Å². The molecule has 110 valence electrons. The summed E-state index contributed by atoms with van der Waals surface area (Å²) in [6, 6.07) is 8.48. The van der Waals surface area contributed by atoms with Crippen molar-refractivity contribution in [1.82, 2.24) is 4.98 Å². The van der Waals surface area contributed by atoms with E-state index in [1.54, 1.807) is 36.5 Å². The maximum Gasteiger partial charge on any atom is 0.344 e. The van der Waals surface area contributed by atoms with Crippen LogP contribution in [0.1, 0.15) is 15.9 Å². The molecule has 0 radical (unpaired) electrons. The van der Waals surface area contributed by atoms with Crippen LogP contribution in [0.25, 0.3) is 0 Å². The lowest BCUT2D eigenvalue weighted by Crippen LogP contribution is -2.10. The summed E-state index contributed by atoms with van der Waals surface area (Å²) in [4.78, 5) is 16.2. The number of rotatable bonds is 5. The summed E-state index contributed by atoms with van der Waals surface area (Å²) in [7, 11) is 2.97. The molecule has 0 aliphatic rings. The Labute approximate surface area is 122 Å². The van der Waals surface area contributed by atoms with Crippen LogP contribution in [0, 0.1) is 0 Å². The minimum absolute atomic E-state index is 0.0351. The number of nitrogen functional groups attached to an aromatic ring is 1. The average molecular weight is 288 g/mol. The van der Waals surface area contributed by atoms with Crippen LogP contribution in [0.15, 0.2) is 36.5 Å². The summed E-state index contributed by atoms with van der Waals surface area (Å²) in [5, 5.41) is 0. The van der Waals surface area contributed by atoms with Crippen molar-refractivity contribution in [2.24, 2.45) is 0 Å². The van der Waals surface area contributed by atoms with Gasteiger partial charge >= 0.3 is 5.97 Å². The third-order valence-electron chi connectivity index (χ3n) is 2.88. The van der Waals surface area contributed by atoms with Crippen molar-refractivity contribution in [3.05, 3.63) is 47.7 Å². The van der Waals surface area contributed by atoms with Crippen molar-refractivity contribution in [3.8, 4) is 11.6 Å². The van der Waals surface area contributed by atoms with Crippen LogP contribution < -0.4 is 15.2 Å². The first-order valence-corrected chi connectivity index (χ1v) is 6.25. The van der Waals surface area contributed by atoms with Crippen molar-refractivity contribution >= 4 is 11.7 Å². The molecule has 0 amide bonds. The molecule has 2 rings (SSSR count). The Balaban J connectivity index is 2.16. The van der Waals surface area contributed by atoms with E-state index in [4.69, 9.17) is 19.9 Å². The first-order valence-electron chi connectivity index (χ1n) is 6.25.